The van der Waals surface area contributed by atoms with Crippen molar-refractivity contribution in [3.05, 3.63) is 62.5 Å². The summed E-state index contributed by atoms with van der Waals surface area (Å²) < 4.78 is 0. The molecule has 0 radical (unpaired) electrons. The van der Waals surface area contributed by atoms with Crippen molar-refractivity contribution in [1.82, 2.24) is 14.9 Å². The van der Waals surface area contributed by atoms with Gasteiger partial charge in [-0.2, -0.15) is 0 Å². The molecule has 0 saturated heterocycles. The molecule has 2 heterocycles. The molecule has 5 nitrogen and oxygen atoms in total. The van der Waals surface area contributed by atoms with Crippen molar-refractivity contribution in [2.45, 2.75) is 33.2 Å². The van der Waals surface area contributed by atoms with E-state index >= 15 is 0 Å². The van der Waals surface area contributed by atoms with E-state index in [0.717, 1.165) is 4.88 Å². The molecule has 0 aromatic carbocycles. The number of carbonyl (C=O) groups excluding carboxylic acids is 1. The van der Waals surface area contributed by atoms with Gasteiger partial charge in [0.05, 0.1) is 6.54 Å². The molecular weight excluding hydrogens is 310 g/mol. The summed E-state index contributed by atoms with van der Waals surface area (Å²) in [6, 6.07) is 3.98. The van der Waals surface area contributed by atoms with Crippen LogP contribution in [0.1, 0.15) is 28.4 Å². The Hall–Kier alpha value is -2.21. The molecule has 2 aromatic heterocycles. The number of aromatic nitrogens is 2. The summed E-state index contributed by atoms with van der Waals surface area (Å²) in [5, 5.41) is 1.99. The van der Waals surface area contributed by atoms with Crippen LogP contribution in [0.2, 0.25) is 0 Å². The Kier molecular flexibility index (Phi) is 5.87. The maximum atomic E-state index is 12.5. The van der Waals surface area contributed by atoms with Gasteiger partial charge in [0.15, 0.2) is 0 Å². The number of H-pyrrole nitrogens is 1. The fourth-order valence-corrected chi connectivity index (χ4v) is 3.16. The van der Waals surface area contributed by atoms with E-state index in [-0.39, 0.29) is 17.9 Å². The zero-order valence-corrected chi connectivity index (χ0v) is 14.3. The molecule has 0 aliphatic heterocycles. The molecule has 0 aliphatic carbocycles. The predicted octanol–water partition coefficient (Wildman–Crippen LogP) is 2.60. The van der Waals surface area contributed by atoms with Crippen LogP contribution in [-0.4, -0.2) is 27.3 Å². The van der Waals surface area contributed by atoms with E-state index in [1.807, 2.05) is 17.5 Å². The number of carbonyl (C=O) groups is 1. The summed E-state index contributed by atoms with van der Waals surface area (Å²) in [5.74, 6) is 0.603. The number of rotatable bonds is 7. The fraction of sp³-hybridized carbons (Fsp3) is 0.353. The number of hydrogen-bond acceptors (Lipinski definition) is 4. The van der Waals surface area contributed by atoms with Gasteiger partial charge in [0.1, 0.15) is 5.82 Å². The summed E-state index contributed by atoms with van der Waals surface area (Å²) >= 11 is 1.62. The van der Waals surface area contributed by atoms with Gasteiger partial charge in [0.2, 0.25) is 5.91 Å². The number of aromatic amines is 1. The summed E-state index contributed by atoms with van der Waals surface area (Å²) in [4.78, 5) is 34.3. The second kappa shape index (κ2) is 7.87. The second-order valence-electron chi connectivity index (χ2n) is 5.36. The molecule has 0 saturated carbocycles. The minimum absolute atomic E-state index is 0.0117. The van der Waals surface area contributed by atoms with E-state index in [1.54, 1.807) is 36.2 Å². The standard InChI is InChI=1S/C17H21N3O2S/c1-4-9-20(11-14-6-5-10-23-14)16(21)8-7-15-12(2)18-13(3)19-17(15)22/h4-6,10H,1,7-9,11H2,2-3H3,(H,18,19,22). The van der Waals surface area contributed by atoms with E-state index in [9.17, 15) is 9.59 Å². The lowest BCUT2D eigenvalue weighted by molar-refractivity contribution is -0.131. The van der Waals surface area contributed by atoms with Gasteiger partial charge in [-0.1, -0.05) is 12.1 Å². The molecule has 122 valence electrons. The first-order chi connectivity index (χ1) is 11.0. The number of nitrogens with one attached hydrogen (secondary N) is 1. The number of nitrogens with zero attached hydrogens (tertiary/aromatic N) is 2. The van der Waals surface area contributed by atoms with Crippen LogP contribution in [0.25, 0.3) is 0 Å². The average Bonchev–Trinajstić information content (AvgIpc) is 2.98. The Labute approximate surface area is 139 Å². The molecule has 0 aliphatic rings. The van der Waals surface area contributed by atoms with E-state index < -0.39 is 0 Å². The fourth-order valence-electron chi connectivity index (χ4n) is 2.44. The minimum Gasteiger partial charge on any atom is -0.334 e. The second-order valence-corrected chi connectivity index (χ2v) is 6.39. The van der Waals surface area contributed by atoms with E-state index in [4.69, 9.17) is 0 Å². The lowest BCUT2D eigenvalue weighted by atomic mass is 10.1. The third-order valence-corrected chi connectivity index (χ3v) is 4.42. The van der Waals surface area contributed by atoms with E-state index in [0.29, 0.717) is 36.6 Å². The SMILES string of the molecule is C=CCN(Cc1cccs1)C(=O)CCc1c(C)nc(C)[nH]c1=O. The first-order valence-electron chi connectivity index (χ1n) is 7.48. The summed E-state index contributed by atoms with van der Waals surface area (Å²) in [6.45, 7) is 8.33. The van der Waals surface area contributed by atoms with Crippen molar-refractivity contribution in [2.75, 3.05) is 6.54 Å². The van der Waals surface area contributed by atoms with Crippen LogP contribution < -0.4 is 5.56 Å². The quantitative estimate of drug-likeness (QED) is 0.793. The summed E-state index contributed by atoms with van der Waals surface area (Å²) in [7, 11) is 0. The van der Waals surface area contributed by atoms with Gasteiger partial charge in [-0.05, 0) is 31.7 Å². The number of hydrogen-bond donors (Lipinski definition) is 1. The molecule has 0 unspecified atom stereocenters. The number of amides is 1. The zero-order valence-electron chi connectivity index (χ0n) is 13.5. The third kappa shape index (κ3) is 4.63. The maximum absolute atomic E-state index is 12.5. The van der Waals surface area contributed by atoms with Crippen molar-refractivity contribution in [1.29, 1.82) is 0 Å². The van der Waals surface area contributed by atoms with Gasteiger partial charge >= 0.3 is 0 Å². The molecule has 0 fully saturated rings. The Morgan fingerprint density at radius 2 is 2.26 bits per heavy atom. The van der Waals surface area contributed by atoms with Crippen molar-refractivity contribution < 1.29 is 4.79 Å². The van der Waals surface area contributed by atoms with Gasteiger partial charge < -0.3 is 9.88 Å². The first-order valence-corrected chi connectivity index (χ1v) is 8.36. The zero-order chi connectivity index (χ0) is 16.8. The van der Waals surface area contributed by atoms with Crippen LogP contribution in [0, 0.1) is 13.8 Å². The highest BCUT2D eigenvalue weighted by Crippen LogP contribution is 2.13. The lowest BCUT2D eigenvalue weighted by Gasteiger charge is -2.20. The van der Waals surface area contributed by atoms with Crippen LogP contribution in [-0.2, 0) is 17.8 Å². The van der Waals surface area contributed by atoms with Gasteiger partial charge in [-0.25, -0.2) is 4.98 Å². The van der Waals surface area contributed by atoms with Gasteiger partial charge in [-0.15, -0.1) is 17.9 Å². The van der Waals surface area contributed by atoms with Gasteiger partial charge in [0.25, 0.3) is 5.56 Å². The molecule has 23 heavy (non-hydrogen) atoms. The normalized spacial score (nSPS) is 10.5. The molecule has 2 aromatic rings. The molecule has 2 rings (SSSR count). The Morgan fingerprint density at radius 3 is 2.87 bits per heavy atom. The number of thiophene rings is 1. The van der Waals surface area contributed by atoms with Crippen molar-refractivity contribution in [3.63, 3.8) is 0 Å². The van der Waals surface area contributed by atoms with Crippen LogP contribution in [0.15, 0.2) is 35.0 Å². The highest BCUT2D eigenvalue weighted by Gasteiger charge is 2.15. The van der Waals surface area contributed by atoms with Crippen LogP contribution in [0.4, 0.5) is 0 Å². The monoisotopic (exact) mass is 331 g/mol. The minimum atomic E-state index is -0.156. The largest absolute Gasteiger partial charge is 0.334 e. The number of aryl methyl sites for hydroxylation is 2. The van der Waals surface area contributed by atoms with Crippen molar-refractivity contribution in [2.24, 2.45) is 0 Å². The van der Waals surface area contributed by atoms with Crippen LogP contribution >= 0.6 is 11.3 Å². The maximum Gasteiger partial charge on any atom is 0.254 e. The predicted molar refractivity (Wildman–Crippen MR) is 92.6 cm³/mol. The van der Waals surface area contributed by atoms with Gasteiger partial charge in [0, 0.05) is 29.1 Å². The highest BCUT2D eigenvalue weighted by atomic mass is 32.1. The molecule has 0 atom stereocenters. The Bertz CT molecular complexity index is 735. The van der Waals surface area contributed by atoms with E-state index in [1.165, 1.54) is 0 Å². The molecule has 1 N–H and O–H groups in total. The Morgan fingerprint density at radius 1 is 1.48 bits per heavy atom. The van der Waals surface area contributed by atoms with E-state index in [2.05, 4.69) is 16.5 Å². The van der Waals surface area contributed by atoms with Crippen molar-refractivity contribution >= 4 is 17.2 Å². The summed E-state index contributed by atoms with van der Waals surface area (Å²) in [6.07, 6.45) is 2.40. The van der Waals surface area contributed by atoms with Crippen LogP contribution in [0.5, 0.6) is 0 Å². The topological polar surface area (TPSA) is 66.1 Å². The van der Waals surface area contributed by atoms with Crippen molar-refractivity contribution in [3.8, 4) is 0 Å². The highest BCUT2D eigenvalue weighted by molar-refractivity contribution is 7.09. The lowest BCUT2D eigenvalue weighted by Crippen LogP contribution is -2.31. The Balaban J connectivity index is 2.04. The van der Waals surface area contributed by atoms with Crippen LogP contribution in [0.3, 0.4) is 0 Å². The molecule has 0 bridgehead atoms. The smallest absolute Gasteiger partial charge is 0.254 e. The average molecular weight is 331 g/mol. The molecular formula is C17H21N3O2S. The third-order valence-electron chi connectivity index (χ3n) is 3.56. The summed E-state index contributed by atoms with van der Waals surface area (Å²) in [5.41, 5.74) is 1.11. The van der Waals surface area contributed by atoms with Gasteiger partial charge in [-0.3, -0.25) is 9.59 Å². The first kappa shape index (κ1) is 17.1. The molecule has 0 spiro atoms. The molecule has 6 heteroatoms. The molecule has 1 amide bonds.